The highest BCUT2D eigenvalue weighted by molar-refractivity contribution is 7.17. The van der Waals surface area contributed by atoms with Gasteiger partial charge in [-0.2, -0.15) is 0 Å². The predicted molar refractivity (Wildman–Crippen MR) is 108 cm³/mol. The first-order valence-corrected chi connectivity index (χ1v) is 10.2. The summed E-state index contributed by atoms with van der Waals surface area (Å²) in [4.78, 5) is 0. The van der Waals surface area contributed by atoms with Gasteiger partial charge in [0.1, 0.15) is 15.8 Å². The van der Waals surface area contributed by atoms with Gasteiger partial charge in [-0.15, -0.1) is 10.2 Å². The number of nitrogens with zero attached hydrogens (tertiary/aromatic N) is 2. The number of rotatable bonds is 5. The lowest BCUT2D eigenvalue weighted by Crippen LogP contribution is -1.98. The largest absolute Gasteiger partial charge is 0.494 e. The summed E-state index contributed by atoms with van der Waals surface area (Å²) in [6, 6.07) is 12.9. The second-order valence-corrected chi connectivity index (χ2v) is 8.03. The van der Waals surface area contributed by atoms with Gasteiger partial charge in [-0.1, -0.05) is 43.4 Å². The molecule has 3 nitrogen and oxygen atoms in total. The monoisotopic (exact) mass is 364 g/mol. The van der Waals surface area contributed by atoms with Gasteiger partial charge in [-0.25, -0.2) is 0 Å². The van der Waals surface area contributed by atoms with E-state index in [9.17, 15) is 0 Å². The first kappa shape index (κ1) is 17.2. The van der Waals surface area contributed by atoms with Crippen molar-refractivity contribution in [2.75, 3.05) is 6.61 Å². The van der Waals surface area contributed by atoms with Gasteiger partial charge < -0.3 is 4.74 Å². The fourth-order valence-corrected chi connectivity index (χ4v) is 4.58. The van der Waals surface area contributed by atoms with E-state index in [2.05, 4.69) is 60.4 Å². The van der Waals surface area contributed by atoms with Crippen LogP contribution in [0, 0.1) is 0 Å². The number of aryl methyl sites for hydroxylation is 1. The third kappa shape index (κ3) is 3.14. The fraction of sp³-hybridized carbons (Fsp3) is 0.364. The molecule has 2 aromatic carbocycles. The topological polar surface area (TPSA) is 35.0 Å². The molecule has 0 aliphatic heterocycles. The van der Waals surface area contributed by atoms with Crippen LogP contribution >= 0.6 is 11.3 Å². The molecule has 0 amide bonds. The molecule has 0 unspecified atom stereocenters. The highest BCUT2D eigenvalue weighted by Crippen LogP contribution is 2.38. The lowest BCUT2D eigenvalue weighted by molar-refractivity contribution is 0.335. The predicted octanol–water partition coefficient (Wildman–Crippen LogP) is 5.88. The van der Waals surface area contributed by atoms with E-state index in [0.29, 0.717) is 12.5 Å². The zero-order chi connectivity index (χ0) is 18.1. The van der Waals surface area contributed by atoms with Crippen LogP contribution in [0.3, 0.4) is 0 Å². The molecule has 0 atom stereocenters. The van der Waals surface area contributed by atoms with Crippen LogP contribution in [0.4, 0.5) is 0 Å². The van der Waals surface area contributed by atoms with Crippen molar-refractivity contribution in [3.05, 3.63) is 53.1 Å². The summed E-state index contributed by atoms with van der Waals surface area (Å²) in [5.74, 6) is 1.37. The molecule has 134 valence electrons. The van der Waals surface area contributed by atoms with Gasteiger partial charge in [-0.3, -0.25) is 0 Å². The second kappa shape index (κ2) is 7.20. The number of hydrogen-bond donors (Lipinski definition) is 0. The fourth-order valence-electron chi connectivity index (χ4n) is 3.69. The van der Waals surface area contributed by atoms with Gasteiger partial charge in [0.25, 0.3) is 0 Å². The van der Waals surface area contributed by atoms with Crippen LogP contribution in [0.1, 0.15) is 49.8 Å². The van der Waals surface area contributed by atoms with E-state index in [0.717, 1.165) is 27.7 Å². The second-order valence-electron chi connectivity index (χ2n) is 7.05. The molecule has 0 saturated heterocycles. The van der Waals surface area contributed by atoms with Gasteiger partial charge in [0, 0.05) is 11.1 Å². The molecule has 1 aliphatic rings. The molecule has 1 heterocycles. The van der Waals surface area contributed by atoms with Crippen molar-refractivity contribution < 1.29 is 4.74 Å². The van der Waals surface area contributed by atoms with E-state index in [1.165, 1.54) is 35.1 Å². The quantitative estimate of drug-likeness (QED) is 0.567. The minimum Gasteiger partial charge on any atom is -0.494 e. The first-order chi connectivity index (χ1) is 12.7. The van der Waals surface area contributed by atoms with Crippen molar-refractivity contribution in [1.82, 2.24) is 10.2 Å². The van der Waals surface area contributed by atoms with Crippen LogP contribution in [-0.2, 0) is 12.8 Å². The average Bonchev–Trinajstić information content (AvgIpc) is 3.31. The van der Waals surface area contributed by atoms with Crippen molar-refractivity contribution >= 4 is 11.3 Å². The van der Waals surface area contributed by atoms with Crippen molar-refractivity contribution in [3.63, 3.8) is 0 Å². The summed E-state index contributed by atoms with van der Waals surface area (Å²) < 4.78 is 5.78. The standard InChI is InChI=1S/C22H24N2OS/c1-4-25-20-12-11-16(13-19(20)14(2)3)21-23-24-22(26-21)18-10-6-8-15-7-5-9-17(15)18/h6,8,10-14H,4-5,7,9H2,1-3H3. The number of hydrogen-bond acceptors (Lipinski definition) is 4. The summed E-state index contributed by atoms with van der Waals surface area (Å²) in [6.07, 6.45) is 3.58. The minimum atomic E-state index is 0.404. The van der Waals surface area contributed by atoms with Crippen LogP contribution in [-0.4, -0.2) is 16.8 Å². The van der Waals surface area contributed by atoms with E-state index in [1.807, 2.05) is 6.92 Å². The number of aromatic nitrogens is 2. The van der Waals surface area contributed by atoms with E-state index in [4.69, 9.17) is 4.74 Å². The summed E-state index contributed by atoms with van der Waals surface area (Å²) in [5.41, 5.74) is 6.54. The highest BCUT2D eigenvalue weighted by Gasteiger charge is 2.19. The van der Waals surface area contributed by atoms with Crippen LogP contribution in [0.15, 0.2) is 36.4 Å². The Morgan fingerprint density at radius 1 is 1.08 bits per heavy atom. The lowest BCUT2D eigenvalue weighted by atomic mass is 10.00. The number of ether oxygens (including phenoxy) is 1. The van der Waals surface area contributed by atoms with Crippen LogP contribution in [0.5, 0.6) is 5.75 Å². The molecule has 0 spiro atoms. The summed E-state index contributed by atoms with van der Waals surface area (Å²) in [6.45, 7) is 7.09. The van der Waals surface area contributed by atoms with Crippen molar-refractivity contribution in [2.24, 2.45) is 0 Å². The smallest absolute Gasteiger partial charge is 0.148 e. The van der Waals surface area contributed by atoms with Crippen molar-refractivity contribution in [2.45, 2.75) is 46.0 Å². The summed E-state index contributed by atoms with van der Waals surface area (Å²) >= 11 is 1.68. The van der Waals surface area contributed by atoms with Gasteiger partial charge in [-0.05, 0) is 67.0 Å². The van der Waals surface area contributed by atoms with E-state index in [1.54, 1.807) is 11.3 Å². The molecular weight excluding hydrogens is 340 g/mol. The Balaban J connectivity index is 1.71. The zero-order valence-electron chi connectivity index (χ0n) is 15.6. The Labute approximate surface area is 159 Å². The highest BCUT2D eigenvalue weighted by atomic mass is 32.1. The van der Waals surface area contributed by atoms with E-state index >= 15 is 0 Å². The third-order valence-electron chi connectivity index (χ3n) is 4.98. The lowest BCUT2D eigenvalue weighted by Gasteiger charge is -2.14. The Morgan fingerprint density at radius 2 is 1.92 bits per heavy atom. The van der Waals surface area contributed by atoms with Gasteiger partial charge in [0.2, 0.25) is 0 Å². The summed E-state index contributed by atoms with van der Waals surface area (Å²) in [7, 11) is 0. The SMILES string of the molecule is CCOc1ccc(-c2nnc(-c3cccc4c3CCC4)s2)cc1C(C)C. The van der Waals surface area contributed by atoms with Gasteiger partial charge in [0.15, 0.2) is 0 Å². The molecule has 3 aromatic rings. The molecule has 1 aromatic heterocycles. The molecule has 0 saturated carbocycles. The maximum absolute atomic E-state index is 5.78. The molecule has 4 heteroatoms. The number of fused-ring (bicyclic) bond motifs is 1. The zero-order valence-corrected chi connectivity index (χ0v) is 16.4. The molecular formula is C22H24N2OS. The Hall–Kier alpha value is -2.20. The maximum Gasteiger partial charge on any atom is 0.148 e. The molecule has 0 N–H and O–H groups in total. The average molecular weight is 365 g/mol. The Kier molecular flexibility index (Phi) is 4.77. The number of benzene rings is 2. The van der Waals surface area contributed by atoms with E-state index in [-0.39, 0.29) is 0 Å². The third-order valence-corrected chi connectivity index (χ3v) is 5.99. The Bertz CT molecular complexity index is 930. The molecule has 0 radical (unpaired) electrons. The van der Waals surface area contributed by atoms with Gasteiger partial charge in [0.05, 0.1) is 6.61 Å². The van der Waals surface area contributed by atoms with Gasteiger partial charge >= 0.3 is 0 Å². The summed E-state index contributed by atoms with van der Waals surface area (Å²) in [5, 5.41) is 11.0. The molecule has 0 bridgehead atoms. The van der Waals surface area contributed by atoms with Crippen LogP contribution < -0.4 is 4.74 Å². The van der Waals surface area contributed by atoms with Crippen molar-refractivity contribution in [1.29, 1.82) is 0 Å². The minimum absolute atomic E-state index is 0.404. The molecule has 0 fully saturated rings. The first-order valence-electron chi connectivity index (χ1n) is 9.39. The normalized spacial score (nSPS) is 13.2. The van der Waals surface area contributed by atoms with Crippen LogP contribution in [0.2, 0.25) is 0 Å². The maximum atomic E-state index is 5.78. The molecule has 1 aliphatic carbocycles. The van der Waals surface area contributed by atoms with E-state index < -0.39 is 0 Å². The molecule has 4 rings (SSSR count). The Morgan fingerprint density at radius 3 is 2.73 bits per heavy atom. The van der Waals surface area contributed by atoms with Crippen molar-refractivity contribution in [3.8, 4) is 26.9 Å². The van der Waals surface area contributed by atoms with Crippen LogP contribution in [0.25, 0.3) is 21.1 Å². The molecule has 26 heavy (non-hydrogen) atoms.